The monoisotopic (exact) mass is 640 g/mol. The summed E-state index contributed by atoms with van der Waals surface area (Å²) in [6.07, 6.45) is 0.625. The number of amides is 1. The van der Waals surface area contributed by atoms with Gasteiger partial charge in [-0.2, -0.15) is 0 Å². The number of rotatable bonds is 9. The Kier molecular flexibility index (Phi) is 8.50. The molecule has 3 heterocycles. The van der Waals surface area contributed by atoms with Crippen molar-refractivity contribution in [3.8, 4) is 17.2 Å². The summed E-state index contributed by atoms with van der Waals surface area (Å²) in [4.78, 5) is 45.9. The number of esters is 1. The van der Waals surface area contributed by atoms with Crippen molar-refractivity contribution in [2.24, 2.45) is 0 Å². The van der Waals surface area contributed by atoms with Gasteiger partial charge in [-0.25, -0.2) is 9.78 Å². The number of fused-ring (bicyclic) bond motifs is 1. The lowest BCUT2D eigenvalue weighted by Gasteiger charge is -2.24. The zero-order valence-electron chi connectivity index (χ0n) is 25.7. The van der Waals surface area contributed by atoms with Gasteiger partial charge in [0.15, 0.2) is 16.6 Å². The van der Waals surface area contributed by atoms with Gasteiger partial charge in [-0.1, -0.05) is 47.7 Å². The van der Waals surface area contributed by atoms with Crippen LogP contribution in [0, 0.1) is 6.92 Å². The maximum Gasteiger partial charge on any atom is 0.350 e. The first-order valence-corrected chi connectivity index (χ1v) is 15.6. The predicted octanol–water partition coefficient (Wildman–Crippen LogP) is 6.17. The van der Waals surface area contributed by atoms with Crippen LogP contribution < -0.4 is 19.1 Å². The van der Waals surface area contributed by atoms with Crippen LogP contribution in [0.3, 0.4) is 0 Å². The highest BCUT2D eigenvalue weighted by atomic mass is 32.1. The summed E-state index contributed by atoms with van der Waals surface area (Å²) >= 11 is 0.934. The number of hydrogen-bond acceptors (Lipinski definition) is 10. The summed E-state index contributed by atoms with van der Waals surface area (Å²) in [6, 6.07) is 18.9. The normalized spacial score (nSPS) is 18.3. The fourth-order valence-electron chi connectivity index (χ4n) is 5.65. The van der Waals surface area contributed by atoms with Crippen molar-refractivity contribution >= 4 is 39.9 Å². The van der Waals surface area contributed by atoms with Crippen LogP contribution in [0.15, 0.2) is 72.3 Å². The number of aromatic nitrogens is 1. The van der Waals surface area contributed by atoms with E-state index in [2.05, 4.69) is 4.98 Å². The van der Waals surface area contributed by atoms with Crippen molar-refractivity contribution in [1.29, 1.82) is 0 Å². The average molecular weight is 641 g/mol. The fourth-order valence-corrected chi connectivity index (χ4v) is 6.67. The van der Waals surface area contributed by atoms with E-state index >= 15 is 0 Å². The van der Waals surface area contributed by atoms with Crippen LogP contribution in [0.25, 0.3) is 5.76 Å². The molecule has 0 radical (unpaired) electrons. The van der Waals surface area contributed by atoms with Crippen molar-refractivity contribution < 1.29 is 38.4 Å². The molecule has 2 atom stereocenters. The number of methoxy groups -OCH3 is 1. The number of Topliss-reactive ketones (excluding diaryl/α,β-unsaturated/α-hetero) is 1. The van der Waals surface area contributed by atoms with Crippen molar-refractivity contribution in [2.75, 3.05) is 18.6 Å². The van der Waals surface area contributed by atoms with E-state index in [9.17, 15) is 19.5 Å². The molecule has 1 aromatic heterocycles. The topological polar surface area (TPSA) is 124 Å². The molecule has 3 aromatic carbocycles. The van der Waals surface area contributed by atoms with Crippen LogP contribution in [0.4, 0.5) is 5.13 Å². The Morgan fingerprint density at radius 1 is 1.07 bits per heavy atom. The number of carbonyl (C=O) groups excluding carboxylic acids is 3. The van der Waals surface area contributed by atoms with Crippen molar-refractivity contribution in [2.45, 2.75) is 45.9 Å². The van der Waals surface area contributed by atoms with E-state index in [1.54, 1.807) is 43.3 Å². The van der Waals surface area contributed by atoms with E-state index in [4.69, 9.17) is 18.9 Å². The molecular formula is C35H32N2O8S. The molecule has 2 aliphatic rings. The number of benzene rings is 3. The number of nitrogens with zero attached hydrogens (tertiary/aromatic N) is 2. The molecule has 0 aliphatic carbocycles. The maximum atomic E-state index is 13.8. The highest BCUT2D eigenvalue weighted by Crippen LogP contribution is 2.46. The summed E-state index contributed by atoms with van der Waals surface area (Å²) < 4.78 is 22.7. The summed E-state index contributed by atoms with van der Waals surface area (Å²) in [7, 11) is 1.26. The number of ether oxygens (including phenoxy) is 4. The van der Waals surface area contributed by atoms with Gasteiger partial charge in [0.2, 0.25) is 0 Å². The predicted molar refractivity (Wildman–Crippen MR) is 172 cm³/mol. The number of aryl methyl sites for hydroxylation is 1. The van der Waals surface area contributed by atoms with E-state index in [0.29, 0.717) is 53.7 Å². The van der Waals surface area contributed by atoms with Crippen LogP contribution in [-0.2, 0) is 27.4 Å². The second kappa shape index (κ2) is 12.7. The molecule has 0 spiro atoms. The molecule has 0 bridgehead atoms. The van der Waals surface area contributed by atoms with Gasteiger partial charge in [0.25, 0.3) is 5.78 Å². The lowest BCUT2D eigenvalue weighted by molar-refractivity contribution is -0.132. The van der Waals surface area contributed by atoms with Gasteiger partial charge in [-0.3, -0.25) is 14.5 Å². The molecule has 6 rings (SSSR count). The summed E-state index contributed by atoms with van der Waals surface area (Å²) in [5.41, 5.74) is 2.93. The minimum absolute atomic E-state index is 0.0188. The van der Waals surface area contributed by atoms with Crippen molar-refractivity contribution in [3.05, 3.63) is 105 Å². The SMILES string of the molecule is CCOc1cc([C@H]2C(=C(O)c3ccc4c(c3)C[C@@H](C)O4)C(=O)C(=O)N2c2nc(C)c(C(=O)OC)s2)ccc1OCc1ccccc1. The third-order valence-electron chi connectivity index (χ3n) is 7.80. The molecule has 1 fully saturated rings. The van der Waals surface area contributed by atoms with Crippen molar-refractivity contribution in [3.63, 3.8) is 0 Å². The molecule has 0 unspecified atom stereocenters. The first-order chi connectivity index (χ1) is 22.2. The van der Waals surface area contributed by atoms with Gasteiger partial charge in [-0.05, 0) is 67.8 Å². The fraction of sp³-hybridized carbons (Fsp3) is 0.257. The Bertz CT molecular complexity index is 1870. The Hall–Kier alpha value is -5.16. The first kappa shape index (κ1) is 30.8. The lowest BCUT2D eigenvalue weighted by Crippen LogP contribution is -2.29. The minimum Gasteiger partial charge on any atom is -0.507 e. The zero-order valence-corrected chi connectivity index (χ0v) is 26.6. The molecule has 236 valence electrons. The van der Waals surface area contributed by atoms with Crippen molar-refractivity contribution in [1.82, 2.24) is 4.98 Å². The molecule has 1 N–H and O–H groups in total. The second-order valence-electron chi connectivity index (χ2n) is 10.9. The third-order valence-corrected chi connectivity index (χ3v) is 8.93. The van der Waals surface area contributed by atoms with Crippen LogP contribution in [0.2, 0.25) is 0 Å². The van der Waals surface area contributed by atoms with Gasteiger partial charge in [0.1, 0.15) is 29.1 Å². The van der Waals surface area contributed by atoms with Crippen LogP contribution in [0.1, 0.15) is 57.5 Å². The number of thiazole rings is 1. The highest BCUT2D eigenvalue weighted by Gasteiger charge is 2.49. The largest absolute Gasteiger partial charge is 0.507 e. The van der Waals surface area contributed by atoms with Crippen LogP contribution in [-0.4, -0.2) is 47.6 Å². The van der Waals surface area contributed by atoms with E-state index in [0.717, 1.165) is 22.5 Å². The minimum atomic E-state index is -1.10. The molecule has 4 aromatic rings. The number of anilines is 1. The van der Waals surface area contributed by atoms with Gasteiger partial charge in [0.05, 0.1) is 31.0 Å². The smallest absolute Gasteiger partial charge is 0.350 e. The zero-order chi connectivity index (χ0) is 32.5. The second-order valence-corrected chi connectivity index (χ2v) is 11.9. The van der Waals surface area contributed by atoms with E-state index in [-0.39, 0.29) is 27.4 Å². The maximum absolute atomic E-state index is 13.8. The molecular weight excluding hydrogens is 608 g/mol. The molecule has 46 heavy (non-hydrogen) atoms. The molecule has 1 saturated heterocycles. The Morgan fingerprint density at radius 3 is 2.59 bits per heavy atom. The highest BCUT2D eigenvalue weighted by molar-refractivity contribution is 7.17. The molecule has 11 heteroatoms. The number of hydrogen-bond donors (Lipinski definition) is 1. The number of aliphatic hydroxyl groups excluding tert-OH is 1. The third kappa shape index (κ3) is 5.69. The van der Waals surface area contributed by atoms with Gasteiger partial charge in [-0.15, -0.1) is 0 Å². The van der Waals surface area contributed by atoms with E-state index in [1.807, 2.05) is 44.2 Å². The summed E-state index contributed by atoms with van der Waals surface area (Å²) in [6.45, 7) is 6.04. The van der Waals surface area contributed by atoms with Gasteiger partial charge in [0, 0.05) is 12.0 Å². The molecule has 10 nitrogen and oxygen atoms in total. The first-order valence-electron chi connectivity index (χ1n) is 14.8. The van der Waals surface area contributed by atoms with Crippen LogP contribution in [0.5, 0.6) is 17.2 Å². The molecule has 2 aliphatic heterocycles. The van der Waals surface area contributed by atoms with E-state index in [1.165, 1.54) is 12.0 Å². The summed E-state index contributed by atoms with van der Waals surface area (Å²) in [5, 5.41) is 11.8. The Labute approximate surface area is 269 Å². The quantitative estimate of drug-likeness (QED) is 0.0991. The number of ketones is 1. The Morgan fingerprint density at radius 2 is 1.85 bits per heavy atom. The van der Waals surface area contributed by atoms with Gasteiger partial charge >= 0.3 is 11.9 Å². The molecule has 0 saturated carbocycles. The number of carbonyl (C=O) groups is 3. The average Bonchev–Trinajstić information content (AvgIpc) is 3.71. The van der Waals surface area contributed by atoms with E-state index < -0.39 is 23.7 Å². The molecule has 1 amide bonds. The van der Waals surface area contributed by atoms with Crippen LogP contribution >= 0.6 is 11.3 Å². The number of aliphatic hydroxyl groups is 1. The lowest BCUT2D eigenvalue weighted by atomic mass is 9.94. The van der Waals surface area contributed by atoms with Gasteiger partial charge < -0.3 is 24.1 Å². The standard InChI is InChI=1S/C35H32N2O8S/c1-5-43-27-17-22(11-14-26(27)44-18-21-9-7-6-8-10-21)29-28(30(38)23-12-13-25-24(16-23)15-19(2)45-25)31(39)33(40)37(29)35-36-20(3)32(46-35)34(41)42-4/h6-14,16-17,19,29,38H,5,15,18H2,1-4H3/t19-,29+/m1/s1. The summed E-state index contributed by atoms with van der Waals surface area (Å²) in [5.74, 6) is -1.14. The Balaban J connectivity index is 1.48.